The van der Waals surface area contributed by atoms with E-state index >= 15 is 0 Å². The van der Waals surface area contributed by atoms with Crippen LogP contribution >= 0.6 is 0 Å². The number of H-pyrrole nitrogens is 1. The van der Waals surface area contributed by atoms with Crippen molar-refractivity contribution in [3.8, 4) is 22.9 Å². The Morgan fingerprint density at radius 3 is 2.72 bits per heavy atom. The van der Waals surface area contributed by atoms with Crippen LogP contribution in [0.25, 0.3) is 22.6 Å². The molecular weight excluding hydrogens is 232 g/mol. The van der Waals surface area contributed by atoms with Crippen molar-refractivity contribution in [2.24, 2.45) is 0 Å². The van der Waals surface area contributed by atoms with Gasteiger partial charge in [0.05, 0.1) is 11.1 Å². The van der Waals surface area contributed by atoms with Crippen molar-refractivity contribution in [2.75, 3.05) is 5.73 Å². The molecule has 0 saturated heterocycles. The predicted molar refractivity (Wildman–Crippen MR) is 67.1 cm³/mol. The molecule has 2 heterocycles. The maximum Gasteiger partial charge on any atom is 0.180 e. The number of phenols is 2. The number of benzene rings is 1. The second kappa shape index (κ2) is 3.63. The van der Waals surface area contributed by atoms with Gasteiger partial charge < -0.3 is 20.9 Å². The molecule has 6 heteroatoms. The first-order chi connectivity index (χ1) is 8.65. The fourth-order valence-corrected chi connectivity index (χ4v) is 1.76. The van der Waals surface area contributed by atoms with Gasteiger partial charge in [0.1, 0.15) is 11.6 Å². The summed E-state index contributed by atoms with van der Waals surface area (Å²) >= 11 is 0. The van der Waals surface area contributed by atoms with E-state index in [0.717, 1.165) is 0 Å². The van der Waals surface area contributed by atoms with Gasteiger partial charge in [-0.1, -0.05) is 6.07 Å². The fourth-order valence-electron chi connectivity index (χ4n) is 1.76. The summed E-state index contributed by atoms with van der Waals surface area (Å²) in [5, 5.41) is 19.2. The monoisotopic (exact) mass is 242 g/mol. The van der Waals surface area contributed by atoms with Crippen molar-refractivity contribution in [3.05, 3.63) is 30.3 Å². The van der Waals surface area contributed by atoms with Crippen molar-refractivity contribution < 1.29 is 10.2 Å². The Morgan fingerprint density at radius 2 is 1.89 bits per heavy atom. The van der Waals surface area contributed by atoms with Crippen LogP contribution in [-0.4, -0.2) is 25.2 Å². The van der Waals surface area contributed by atoms with E-state index in [1.807, 2.05) is 0 Å². The largest absolute Gasteiger partial charge is 0.504 e. The Kier molecular flexibility index (Phi) is 2.09. The van der Waals surface area contributed by atoms with Crippen molar-refractivity contribution in [2.45, 2.75) is 0 Å². The van der Waals surface area contributed by atoms with E-state index in [9.17, 15) is 10.2 Å². The highest BCUT2D eigenvalue weighted by Crippen LogP contribution is 2.35. The highest BCUT2D eigenvalue weighted by molar-refractivity contribution is 5.79. The highest BCUT2D eigenvalue weighted by atomic mass is 16.3. The number of pyridine rings is 1. The number of aromatic amines is 1. The van der Waals surface area contributed by atoms with Gasteiger partial charge >= 0.3 is 0 Å². The topological polar surface area (TPSA) is 108 Å². The standard InChI is InChI=1S/C12H10N4O2/c13-9-5-4-7-12(15-9)16-11(14-7)6-2-1-3-8(17)10(6)18/h1-5,17-18H,(H3,13,14,15,16). The number of nitrogens with two attached hydrogens (primary N) is 1. The normalized spacial score (nSPS) is 10.9. The Bertz CT molecular complexity index is 736. The number of para-hydroxylation sites is 1. The smallest absolute Gasteiger partial charge is 0.180 e. The highest BCUT2D eigenvalue weighted by Gasteiger charge is 2.12. The molecule has 0 unspecified atom stereocenters. The van der Waals surface area contributed by atoms with Gasteiger partial charge in [-0.25, -0.2) is 9.97 Å². The van der Waals surface area contributed by atoms with Crippen molar-refractivity contribution in [1.29, 1.82) is 0 Å². The van der Waals surface area contributed by atoms with E-state index < -0.39 is 0 Å². The Hall–Kier alpha value is -2.76. The quantitative estimate of drug-likeness (QED) is 0.485. The molecule has 0 aliphatic carbocycles. The molecule has 0 aliphatic rings. The third-order valence-electron chi connectivity index (χ3n) is 2.64. The number of anilines is 1. The third-order valence-corrected chi connectivity index (χ3v) is 2.64. The maximum absolute atomic E-state index is 9.78. The van der Waals surface area contributed by atoms with E-state index in [4.69, 9.17) is 5.73 Å². The molecule has 6 nitrogen and oxygen atoms in total. The zero-order valence-electron chi connectivity index (χ0n) is 9.25. The number of nitrogens with one attached hydrogen (secondary N) is 1. The van der Waals surface area contributed by atoms with E-state index in [-0.39, 0.29) is 11.5 Å². The van der Waals surface area contributed by atoms with Crippen LogP contribution in [-0.2, 0) is 0 Å². The lowest BCUT2D eigenvalue weighted by Gasteiger charge is -2.02. The second-order valence-corrected chi connectivity index (χ2v) is 3.87. The van der Waals surface area contributed by atoms with Crippen molar-refractivity contribution in [1.82, 2.24) is 15.0 Å². The second-order valence-electron chi connectivity index (χ2n) is 3.87. The molecule has 2 aromatic heterocycles. The number of aromatic nitrogens is 3. The van der Waals surface area contributed by atoms with Crippen LogP contribution in [0, 0.1) is 0 Å². The number of aromatic hydroxyl groups is 2. The molecule has 0 atom stereocenters. The van der Waals surface area contributed by atoms with Crippen molar-refractivity contribution >= 4 is 17.0 Å². The molecule has 0 saturated carbocycles. The Labute approximate surface area is 102 Å². The van der Waals surface area contributed by atoms with Crippen LogP contribution in [0.1, 0.15) is 0 Å². The van der Waals surface area contributed by atoms with E-state index in [1.165, 1.54) is 6.07 Å². The van der Waals surface area contributed by atoms with Crippen LogP contribution in [0.3, 0.4) is 0 Å². The van der Waals surface area contributed by atoms with Crippen LogP contribution in [0.5, 0.6) is 11.5 Å². The van der Waals surface area contributed by atoms with E-state index in [1.54, 1.807) is 24.3 Å². The molecule has 0 spiro atoms. The number of hydrogen-bond donors (Lipinski definition) is 4. The molecule has 0 fully saturated rings. The molecule has 18 heavy (non-hydrogen) atoms. The van der Waals surface area contributed by atoms with Gasteiger partial charge in [-0.05, 0) is 24.3 Å². The SMILES string of the molecule is Nc1ccc2[nH]c(-c3cccc(O)c3O)nc2n1. The first-order valence-corrected chi connectivity index (χ1v) is 5.29. The van der Waals surface area contributed by atoms with Gasteiger partial charge in [-0.15, -0.1) is 0 Å². The predicted octanol–water partition coefficient (Wildman–Crippen LogP) is 1.62. The van der Waals surface area contributed by atoms with Gasteiger partial charge in [0, 0.05) is 0 Å². The molecule has 0 amide bonds. The van der Waals surface area contributed by atoms with Crippen LogP contribution in [0.4, 0.5) is 5.82 Å². The van der Waals surface area contributed by atoms with Crippen molar-refractivity contribution in [3.63, 3.8) is 0 Å². The Balaban J connectivity index is 2.22. The van der Waals surface area contributed by atoms with Crippen LogP contribution < -0.4 is 5.73 Å². The first kappa shape index (κ1) is 10.4. The number of fused-ring (bicyclic) bond motifs is 1. The van der Waals surface area contributed by atoms with Gasteiger partial charge in [0.15, 0.2) is 17.1 Å². The summed E-state index contributed by atoms with van der Waals surface area (Å²) in [5.41, 5.74) is 7.16. The van der Waals surface area contributed by atoms with E-state index in [0.29, 0.717) is 28.4 Å². The summed E-state index contributed by atoms with van der Waals surface area (Å²) in [4.78, 5) is 11.3. The summed E-state index contributed by atoms with van der Waals surface area (Å²) in [6.45, 7) is 0. The molecular formula is C12H10N4O2. The van der Waals surface area contributed by atoms with Gasteiger partial charge in [-0.2, -0.15) is 0 Å². The minimum Gasteiger partial charge on any atom is -0.504 e. The lowest BCUT2D eigenvalue weighted by molar-refractivity contribution is 0.405. The lowest BCUT2D eigenvalue weighted by Crippen LogP contribution is -1.88. The lowest BCUT2D eigenvalue weighted by atomic mass is 10.2. The number of hydrogen-bond acceptors (Lipinski definition) is 5. The number of imidazole rings is 1. The molecule has 0 bridgehead atoms. The average Bonchev–Trinajstić information content (AvgIpc) is 2.75. The molecule has 90 valence electrons. The molecule has 3 rings (SSSR count). The van der Waals surface area contributed by atoms with Gasteiger partial charge in [0.25, 0.3) is 0 Å². The molecule has 1 aromatic carbocycles. The number of rotatable bonds is 1. The minimum absolute atomic E-state index is 0.194. The minimum atomic E-state index is -0.218. The maximum atomic E-state index is 9.78. The number of nitrogen functional groups attached to an aromatic ring is 1. The van der Waals surface area contributed by atoms with Gasteiger partial charge in [0.2, 0.25) is 0 Å². The first-order valence-electron chi connectivity index (χ1n) is 5.29. The molecule has 0 radical (unpaired) electrons. The zero-order chi connectivity index (χ0) is 12.7. The zero-order valence-corrected chi connectivity index (χ0v) is 9.25. The summed E-state index contributed by atoms with van der Waals surface area (Å²) in [6.07, 6.45) is 0. The molecule has 3 aromatic rings. The number of phenolic OH excluding ortho intramolecular Hbond substituents is 2. The Morgan fingerprint density at radius 1 is 1.06 bits per heavy atom. The summed E-state index contributed by atoms with van der Waals surface area (Å²) < 4.78 is 0. The fraction of sp³-hybridized carbons (Fsp3) is 0. The molecule has 5 N–H and O–H groups in total. The third kappa shape index (κ3) is 1.51. The van der Waals surface area contributed by atoms with Gasteiger partial charge in [-0.3, -0.25) is 0 Å². The number of nitrogens with zero attached hydrogens (tertiary/aromatic N) is 2. The van der Waals surface area contributed by atoms with Crippen LogP contribution in [0.15, 0.2) is 30.3 Å². The summed E-state index contributed by atoms with van der Waals surface area (Å²) in [6, 6.07) is 8.09. The summed E-state index contributed by atoms with van der Waals surface area (Å²) in [5.74, 6) is 0.391. The van der Waals surface area contributed by atoms with Crippen LogP contribution in [0.2, 0.25) is 0 Å². The molecule has 0 aliphatic heterocycles. The summed E-state index contributed by atoms with van der Waals surface area (Å²) in [7, 11) is 0. The van der Waals surface area contributed by atoms with E-state index in [2.05, 4.69) is 15.0 Å². The average molecular weight is 242 g/mol.